The molecular weight excluding hydrogens is 440 g/mol. The van der Waals surface area contributed by atoms with Gasteiger partial charge < -0.3 is 19.1 Å². The van der Waals surface area contributed by atoms with Gasteiger partial charge in [0.15, 0.2) is 26.5 Å². The Balaban J connectivity index is 1.70. The highest BCUT2D eigenvalue weighted by molar-refractivity contribution is 8.16. The second kappa shape index (κ2) is 8.43. The average Bonchev–Trinajstić information content (AvgIpc) is 3.23. The van der Waals surface area contributed by atoms with Crippen LogP contribution in [0.4, 0.5) is 5.69 Å². The highest BCUT2D eigenvalue weighted by atomic mass is 32.2. The van der Waals surface area contributed by atoms with Gasteiger partial charge >= 0.3 is 0 Å². The van der Waals surface area contributed by atoms with Crippen molar-refractivity contribution in [1.82, 2.24) is 0 Å². The van der Waals surface area contributed by atoms with E-state index in [4.69, 9.17) is 14.2 Å². The number of fused-ring (bicyclic) bond motifs is 1. The number of nitrogens with zero attached hydrogens (tertiary/aromatic N) is 2. The van der Waals surface area contributed by atoms with Crippen LogP contribution in [0.2, 0.25) is 0 Å². The molecule has 0 unspecified atom stereocenters. The number of sulfone groups is 1. The van der Waals surface area contributed by atoms with Gasteiger partial charge in [-0.2, -0.15) is 4.99 Å². The van der Waals surface area contributed by atoms with Crippen LogP contribution in [-0.2, 0) is 9.84 Å². The Morgan fingerprint density at radius 1 is 1.00 bits per heavy atom. The van der Waals surface area contributed by atoms with Gasteiger partial charge in [0.2, 0.25) is 0 Å². The maximum Gasteiger partial charge on any atom is 0.279 e. The summed E-state index contributed by atoms with van der Waals surface area (Å²) in [6.45, 7) is 0. The van der Waals surface area contributed by atoms with E-state index in [1.807, 2.05) is 17.0 Å². The van der Waals surface area contributed by atoms with E-state index in [0.717, 1.165) is 5.69 Å². The summed E-state index contributed by atoms with van der Waals surface area (Å²) >= 11 is 1.33. The third kappa shape index (κ3) is 4.22. The van der Waals surface area contributed by atoms with Gasteiger partial charge in [-0.3, -0.25) is 4.79 Å². The number of carbonyl (C=O) groups is 1. The van der Waals surface area contributed by atoms with Crippen LogP contribution in [0.3, 0.4) is 0 Å². The fourth-order valence-corrected chi connectivity index (χ4v) is 7.64. The van der Waals surface area contributed by atoms with Crippen molar-refractivity contribution in [2.24, 2.45) is 4.99 Å². The van der Waals surface area contributed by atoms with Gasteiger partial charge in [0.05, 0.1) is 38.9 Å². The molecule has 10 heteroatoms. The lowest BCUT2D eigenvalue weighted by atomic mass is 10.2. The highest BCUT2D eigenvalue weighted by Crippen LogP contribution is 2.41. The maximum atomic E-state index is 12.9. The molecule has 2 saturated heterocycles. The Labute approximate surface area is 185 Å². The largest absolute Gasteiger partial charge is 0.497 e. The molecule has 2 aliphatic rings. The summed E-state index contributed by atoms with van der Waals surface area (Å²) < 4.78 is 40.1. The second-order valence-corrected chi connectivity index (χ2v) is 10.5. The number of hydrogen-bond acceptors (Lipinski definition) is 7. The number of ether oxygens (including phenoxy) is 3. The Morgan fingerprint density at radius 2 is 1.71 bits per heavy atom. The molecular formula is C21H22N2O6S2. The predicted molar refractivity (Wildman–Crippen MR) is 121 cm³/mol. The predicted octanol–water partition coefficient (Wildman–Crippen LogP) is 2.63. The van der Waals surface area contributed by atoms with Crippen molar-refractivity contribution in [2.75, 3.05) is 37.7 Å². The number of hydrogen-bond donors (Lipinski definition) is 0. The molecule has 31 heavy (non-hydrogen) atoms. The third-order valence-electron chi connectivity index (χ3n) is 5.24. The number of amides is 1. The van der Waals surface area contributed by atoms with Crippen molar-refractivity contribution >= 4 is 38.4 Å². The van der Waals surface area contributed by atoms with E-state index in [-0.39, 0.29) is 22.8 Å². The van der Waals surface area contributed by atoms with Gasteiger partial charge in [0, 0.05) is 16.5 Å². The number of aliphatic imine (C=N–C) groups is 1. The Bertz CT molecular complexity index is 1130. The lowest BCUT2D eigenvalue weighted by Gasteiger charge is -2.24. The van der Waals surface area contributed by atoms with E-state index in [2.05, 4.69) is 4.99 Å². The monoisotopic (exact) mass is 462 g/mol. The van der Waals surface area contributed by atoms with Crippen LogP contribution in [0.15, 0.2) is 47.5 Å². The summed E-state index contributed by atoms with van der Waals surface area (Å²) in [5, 5.41) is 0.305. The van der Waals surface area contributed by atoms with E-state index >= 15 is 0 Å². The summed E-state index contributed by atoms with van der Waals surface area (Å²) in [4.78, 5) is 19.1. The van der Waals surface area contributed by atoms with Crippen LogP contribution in [-0.4, -0.2) is 63.6 Å². The Kier molecular flexibility index (Phi) is 5.85. The van der Waals surface area contributed by atoms with Crippen molar-refractivity contribution in [3.05, 3.63) is 48.0 Å². The number of rotatable bonds is 5. The molecule has 2 aliphatic heterocycles. The lowest BCUT2D eigenvalue weighted by Crippen LogP contribution is -2.37. The van der Waals surface area contributed by atoms with E-state index in [9.17, 15) is 13.2 Å². The molecule has 0 saturated carbocycles. The Hall–Kier alpha value is -2.72. The molecule has 2 heterocycles. The van der Waals surface area contributed by atoms with Crippen molar-refractivity contribution in [3.8, 4) is 17.2 Å². The van der Waals surface area contributed by atoms with Crippen LogP contribution in [0.5, 0.6) is 17.2 Å². The molecule has 0 spiro atoms. The first-order chi connectivity index (χ1) is 14.8. The molecule has 8 nitrogen and oxygen atoms in total. The normalized spacial score (nSPS) is 22.9. The van der Waals surface area contributed by atoms with Crippen molar-refractivity contribution in [1.29, 1.82) is 0 Å². The average molecular weight is 463 g/mol. The number of carbonyl (C=O) groups excluding carboxylic acids is 1. The molecule has 2 atom stereocenters. The summed E-state index contributed by atoms with van der Waals surface area (Å²) in [7, 11) is 1.46. The minimum absolute atomic E-state index is 0.0280. The molecule has 0 bridgehead atoms. The number of thioether (sulfide) groups is 1. The summed E-state index contributed by atoms with van der Waals surface area (Å²) in [6, 6.07) is 11.8. The fraction of sp³-hybridized carbons (Fsp3) is 0.333. The van der Waals surface area contributed by atoms with Crippen molar-refractivity contribution < 1.29 is 27.4 Å². The SMILES string of the molecule is COc1ccc(N2C(=NC(=O)c3ccc(OC)c(OC)c3)S[C@H]3CS(=O)(=O)C[C@H]32)cc1. The molecule has 1 amide bonds. The number of benzene rings is 2. The molecule has 0 aromatic heterocycles. The molecule has 4 rings (SSSR count). The van der Waals surface area contributed by atoms with E-state index in [0.29, 0.717) is 28.0 Å². The van der Waals surface area contributed by atoms with E-state index in [1.54, 1.807) is 37.4 Å². The molecule has 2 aromatic carbocycles. The van der Waals surface area contributed by atoms with Gasteiger partial charge in [-0.05, 0) is 42.5 Å². The van der Waals surface area contributed by atoms with Crippen LogP contribution in [0.1, 0.15) is 10.4 Å². The van der Waals surface area contributed by atoms with Gasteiger partial charge in [-0.1, -0.05) is 11.8 Å². The van der Waals surface area contributed by atoms with Gasteiger partial charge in [0.1, 0.15) is 5.75 Å². The topological polar surface area (TPSA) is 94.5 Å². The zero-order chi connectivity index (χ0) is 22.2. The van der Waals surface area contributed by atoms with Crippen LogP contribution in [0, 0.1) is 0 Å². The maximum absolute atomic E-state index is 12.9. The minimum atomic E-state index is -3.14. The minimum Gasteiger partial charge on any atom is -0.497 e. The standard InChI is InChI=1S/C21H22N2O6S2/c1-27-15-7-5-14(6-8-15)23-16-11-31(25,26)12-19(16)30-21(23)22-20(24)13-4-9-17(28-2)18(10-13)29-3/h4-10,16,19H,11-12H2,1-3H3/t16-,19+/m1/s1. The van der Waals surface area contributed by atoms with E-state index in [1.165, 1.54) is 26.0 Å². The number of methoxy groups -OCH3 is 3. The molecule has 0 aliphatic carbocycles. The van der Waals surface area contributed by atoms with Crippen LogP contribution in [0.25, 0.3) is 0 Å². The summed E-state index contributed by atoms with van der Waals surface area (Å²) in [6.07, 6.45) is 0. The lowest BCUT2D eigenvalue weighted by molar-refractivity contribution is 0.100. The van der Waals surface area contributed by atoms with Gasteiger partial charge in [0.25, 0.3) is 5.91 Å². The van der Waals surface area contributed by atoms with Gasteiger partial charge in [-0.25, -0.2) is 8.42 Å². The first-order valence-corrected chi connectivity index (χ1v) is 12.2. The molecule has 2 fully saturated rings. The summed E-state index contributed by atoms with van der Waals surface area (Å²) in [5.41, 5.74) is 1.11. The molecule has 164 valence electrons. The number of anilines is 1. The first-order valence-electron chi connectivity index (χ1n) is 9.50. The number of amidine groups is 1. The quantitative estimate of drug-likeness (QED) is 0.669. The zero-order valence-corrected chi connectivity index (χ0v) is 18.9. The van der Waals surface area contributed by atoms with Gasteiger partial charge in [-0.15, -0.1) is 0 Å². The van der Waals surface area contributed by atoms with E-state index < -0.39 is 15.7 Å². The zero-order valence-electron chi connectivity index (χ0n) is 17.3. The molecule has 0 N–H and O–H groups in total. The van der Waals surface area contributed by atoms with Crippen LogP contribution < -0.4 is 19.1 Å². The summed E-state index contributed by atoms with van der Waals surface area (Å²) in [5.74, 6) is 1.29. The first kappa shape index (κ1) is 21.5. The second-order valence-electron chi connectivity index (χ2n) is 7.14. The highest BCUT2D eigenvalue weighted by Gasteiger charge is 2.49. The third-order valence-corrected chi connectivity index (χ3v) is 8.45. The molecule has 0 radical (unpaired) electrons. The van der Waals surface area contributed by atoms with Crippen molar-refractivity contribution in [3.63, 3.8) is 0 Å². The smallest absolute Gasteiger partial charge is 0.279 e. The van der Waals surface area contributed by atoms with Crippen molar-refractivity contribution in [2.45, 2.75) is 11.3 Å². The Morgan fingerprint density at radius 3 is 2.35 bits per heavy atom. The van der Waals surface area contributed by atoms with Crippen LogP contribution >= 0.6 is 11.8 Å². The fourth-order valence-electron chi connectivity index (χ4n) is 3.73. The molecule has 2 aromatic rings.